The predicted molar refractivity (Wildman–Crippen MR) is 121 cm³/mol. The molecule has 8 nitrogen and oxygen atoms in total. The van der Waals surface area contributed by atoms with Gasteiger partial charge < -0.3 is 9.64 Å². The van der Waals surface area contributed by atoms with Crippen molar-refractivity contribution in [3.05, 3.63) is 68.5 Å². The van der Waals surface area contributed by atoms with E-state index in [0.717, 1.165) is 11.6 Å². The Kier molecular flexibility index (Phi) is 7.65. The van der Waals surface area contributed by atoms with Crippen LogP contribution in [0.2, 0.25) is 5.02 Å². The topological polar surface area (TPSA) is 93.0 Å². The molecule has 1 fully saturated rings. The minimum absolute atomic E-state index is 0.0327. The first-order valence-corrected chi connectivity index (χ1v) is 10.8. The van der Waals surface area contributed by atoms with Gasteiger partial charge in [-0.2, -0.15) is 0 Å². The van der Waals surface area contributed by atoms with Crippen LogP contribution in [0.3, 0.4) is 0 Å². The summed E-state index contributed by atoms with van der Waals surface area (Å²) in [6, 6.07) is 8.60. The molecule has 3 rings (SSSR count). The van der Waals surface area contributed by atoms with E-state index in [1.807, 2.05) is 13.8 Å². The third kappa shape index (κ3) is 5.85. The van der Waals surface area contributed by atoms with Crippen molar-refractivity contribution >= 4 is 29.0 Å². The third-order valence-corrected chi connectivity index (χ3v) is 5.90. The van der Waals surface area contributed by atoms with E-state index in [9.17, 15) is 24.1 Å². The lowest BCUT2D eigenvalue weighted by atomic mass is 10.1. The Morgan fingerprint density at radius 1 is 1.18 bits per heavy atom. The number of hydrogen-bond acceptors (Lipinski definition) is 6. The Bertz CT molecular complexity index is 1030. The second kappa shape index (κ2) is 10.3. The zero-order valence-corrected chi connectivity index (χ0v) is 19.3. The first kappa shape index (κ1) is 24.6. The molecule has 0 radical (unpaired) electrons. The number of amides is 1. The van der Waals surface area contributed by atoms with Crippen LogP contribution >= 0.6 is 11.6 Å². The van der Waals surface area contributed by atoms with Crippen LogP contribution in [0.15, 0.2) is 36.4 Å². The number of carbonyl (C=O) groups excluding carboxylic acids is 2. The van der Waals surface area contributed by atoms with Crippen molar-refractivity contribution < 1.29 is 23.6 Å². The van der Waals surface area contributed by atoms with Gasteiger partial charge in [-0.15, -0.1) is 0 Å². The van der Waals surface area contributed by atoms with E-state index in [0.29, 0.717) is 19.6 Å². The number of nitro groups is 1. The highest BCUT2D eigenvalue weighted by atomic mass is 35.5. The van der Waals surface area contributed by atoms with Gasteiger partial charge in [0.1, 0.15) is 5.82 Å². The summed E-state index contributed by atoms with van der Waals surface area (Å²) in [7, 11) is 0. The molecule has 0 aliphatic carbocycles. The summed E-state index contributed by atoms with van der Waals surface area (Å²) in [6.07, 6.45) is 0. The van der Waals surface area contributed by atoms with Gasteiger partial charge in [0.05, 0.1) is 10.5 Å². The number of nitrogens with zero attached hydrogens (tertiary/aromatic N) is 3. The SMILES string of the molecule is CC(=O)c1cc(Cl)cc([N+](=O)[O-])c1OCC(=O)N1C[C@H](C)N(Cc2ccc(F)cc2)C[C@H]1C. The summed E-state index contributed by atoms with van der Waals surface area (Å²) in [4.78, 5) is 39.5. The van der Waals surface area contributed by atoms with Gasteiger partial charge in [0.25, 0.3) is 5.91 Å². The summed E-state index contributed by atoms with van der Waals surface area (Å²) >= 11 is 5.90. The lowest BCUT2D eigenvalue weighted by Gasteiger charge is -2.44. The number of Topliss-reactive ketones (excluding diaryl/α,β-unsaturated/α-hetero) is 1. The van der Waals surface area contributed by atoms with Crippen LogP contribution in [0.5, 0.6) is 5.75 Å². The van der Waals surface area contributed by atoms with Gasteiger partial charge in [-0.3, -0.25) is 24.6 Å². The molecule has 1 aliphatic rings. The van der Waals surface area contributed by atoms with Gasteiger partial charge in [-0.25, -0.2) is 4.39 Å². The van der Waals surface area contributed by atoms with E-state index in [1.54, 1.807) is 17.0 Å². The molecule has 0 bridgehead atoms. The number of halogens is 2. The summed E-state index contributed by atoms with van der Waals surface area (Å²) in [5.74, 6) is -1.35. The van der Waals surface area contributed by atoms with Gasteiger partial charge in [0.15, 0.2) is 12.4 Å². The fourth-order valence-corrected chi connectivity index (χ4v) is 4.15. The van der Waals surface area contributed by atoms with Gasteiger partial charge in [0.2, 0.25) is 5.75 Å². The van der Waals surface area contributed by atoms with E-state index in [2.05, 4.69) is 4.90 Å². The number of ketones is 1. The van der Waals surface area contributed by atoms with Crippen LogP contribution < -0.4 is 4.74 Å². The Morgan fingerprint density at radius 2 is 1.85 bits per heavy atom. The first-order chi connectivity index (χ1) is 15.6. The van der Waals surface area contributed by atoms with E-state index >= 15 is 0 Å². The lowest BCUT2D eigenvalue weighted by Crippen LogP contribution is -2.58. The van der Waals surface area contributed by atoms with Crippen molar-refractivity contribution in [3.8, 4) is 5.75 Å². The van der Waals surface area contributed by atoms with Crippen molar-refractivity contribution in [2.24, 2.45) is 0 Å². The average molecular weight is 478 g/mol. The first-order valence-electron chi connectivity index (χ1n) is 10.5. The molecule has 0 N–H and O–H groups in total. The second-order valence-electron chi connectivity index (χ2n) is 8.20. The summed E-state index contributed by atoms with van der Waals surface area (Å²) in [5, 5.41) is 11.5. The Balaban J connectivity index is 1.69. The molecule has 176 valence electrons. The molecule has 33 heavy (non-hydrogen) atoms. The fourth-order valence-electron chi connectivity index (χ4n) is 3.94. The van der Waals surface area contributed by atoms with Gasteiger partial charge >= 0.3 is 5.69 Å². The largest absolute Gasteiger partial charge is 0.476 e. The molecular weight excluding hydrogens is 453 g/mol. The number of ether oxygens (including phenoxy) is 1. The minimum Gasteiger partial charge on any atom is -0.476 e. The molecule has 1 aliphatic heterocycles. The van der Waals surface area contributed by atoms with Crippen LogP contribution in [0.25, 0.3) is 0 Å². The number of nitro benzene ring substituents is 1. The predicted octanol–water partition coefficient (Wildman–Crippen LogP) is 4.09. The molecule has 10 heteroatoms. The van der Waals surface area contributed by atoms with Gasteiger partial charge in [-0.05, 0) is 44.5 Å². The average Bonchev–Trinajstić information content (AvgIpc) is 2.75. The molecule has 2 aromatic rings. The molecule has 2 aromatic carbocycles. The maximum Gasteiger partial charge on any atom is 0.313 e. The van der Waals surface area contributed by atoms with Crippen LogP contribution in [-0.2, 0) is 11.3 Å². The standard InChI is InChI=1S/C23H25ClFN3O5/c1-14-11-27(15(2)10-26(14)12-17-4-6-19(25)7-5-17)22(30)13-33-23-20(16(3)29)8-18(24)9-21(23)28(31)32/h4-9,14-15H,10-13H2,1-3H3/t14-,15+/m0/s1. The van der Waals surface area contributed by atoms with Crippen LogP contribution in [-0.4, -0.2) is 58.2 Å². The molecule has 2 atom stereocenters. The molecule has 1 amide bonds. The molecule has 0 saturated carbocycles. The highest BCUT2D eigenvalue weighted by Crippen LogP contribution is 2.35. The van der Waals surface area contributed by atoms with Crippen molar-refractivity contribution in [1.29, 1.82) is 0 Å². The van der Waals surface area contributed by atoms with Crippen LogP contribution in [0.4, 0.5) is 10.1 Å². The van der Waals surface area contributed by atoms with Gasteiger partial charge in [-0.1, -0.05) is 23.7 Å². The number of piperazine rings is 1. The zero-order valence-electron chi connectivity index (χ0n) is 18.6. The summed E-state index contributed by atoms with van der Waals surface area (Å²) in [6.45, 7) is 6.37. The highest BCUT2D eigenvalue weighted by Gasteiger charge is 2.33. The van der Waals surface area contributed by atoms with Crippen molar-refractivity contribution in [2.45, 2.75) is 39.4 Å². The molecule has 0 aromatic heterocycles. The molecule has 1 saturated heterocycles. The normalized spacial score (nSPS) is 18.8. The molecule has 1 heterocycles. The molecule has 0 unspecified atom stereocenters. The van der Waals surface area contributed by atoms with Crippen LogP contribution in [0.1, 0.15) is 36.7 Å². The number of benzene rings is 2. The zero-order chi connectivity index (χ0) is 24.3. The quantitative estimate of drug-likeness (QED) is 0.339. The van der Waals surface area contributed by atoms with Gasteiger partial charge in [0, 0.05) is 42.8 Å². The Labute approximate surface area is 196 Å². The second-order valence-corrected chi connectivity index (χ2v) is 8.64. The number of hydrogen-bond donors (Lipinski definition) is 0. The smallest absolute Gasteiger partial charge is 0.313 e. The van der Waals surface area contributed by atoms with E-state index in [4.69, 9.17) is 16.3 Å². The Hall–Kier alpha value is -3.04. The fraction of sp³-hybridized carbons (Fsp3) is 0.391. The number of rotatable bonds is 7. The van der Waals surface area contributed by atoms with E-state index < -0.39 is 23.0 Å². The maximum atomic E-state index is 13.2. The van der Waals surface area contributed by atoms with Crippen molar-refractivity contribution in [1.82, 2.24) is 9.80 Å². The molecule has 0 spiro atoms. The number of carbonyl (C=O) groups is 2. The monoisotopic (exact) mass is 477 g/mol. The lowest BCUT2D eigenvalue weighted by molar-refractivity contribution is -0.385. The van der Waals surface area contributed by atoms with Crippen molar-refractivity contribution in [3.63, 3.8) is 0 Å². The van der Waals surface area contributed by atoms with Crippen molar-refractivity contribution in [2.75, 3.05) is 19.7 Å². The van der Waals surface area contributed by atoms with E-state index in [-0.39, 0.29) is 40.1 Å². The molecular formula is C23H25ClFN3O5. The Morgan fingerprint density at radius 3 is 2.45 bits per heavy atom. The minimum atomic E-state index is -0.697. The summed E-state index contributed by atoms with van der Waals surface area (Å²) in [5.41, 5.74) is 0.462. The highest BCUT2D eigenvalue weighted by molar-refractivity contribution is 6.31. The summed E-state index contributed by atoms with van der Waals surface area (Å²) < 4.78 is 18.7. The third-order valence-electron chi connectivity index (χ3n) is 5.68. The van der Waals surface area contributed by atoms with Crippen LogP contribution in [0, 0.1) is 15.9 Å². The maximum absolute atomic E-state index is 13.2. The van der Waals surface area contributed by atoms with E-state index in [1.165, 1.54) is 25.1 Å².